The maximum atomic E-state index is 14.0. The van der Waals surface area contributed by atoms with Crippen molar-refractivity contribution in [2.45, 2.75) is 83.7 Å². The van der Waals surface area contributed by atoms with Crippen molar-refractivity contribution in [2.24, 2.45) is 11.8 Å². The molecule has 3 aromatic rings. The Morgan fingerprint density at radius 1 is 0.956 bits per heavy atom. The van der Waals surface area contributed by atoms with Crippen LogP contribution >= 0.6 is 0 Å². The van der Waals surface area contributed by atoms with Crippen LogP contribution in [0.5, 0.6) is 0 Å². The highest BCUT2D eigenvalue weighted by Crippen LogP contribution is 2.24. The van der Waals surface area contributed by atoms with Gasteiger partial charge in [0.05, 0.1) is 24.5 Å². The molecule has 45 heavy (non-hydrogen) atoms. The number of aliphatic hydroxyl groups is 1. The van der Waals surface area contributed by atoms with E-state index in [1.165, 1.54) is 0 Å². The zero-order chi connectivity index (χ0) is 32.6. The number of nitrogens with zero attached hydrogens (tertiary/aromatic N) is 3. The van der Waals surface area contributed by atoms with Crippen molar-refractivity contribution in [1.82, 2.24) is 25.1 Å². The van der Waals surface area contributed by atoms with E-state index >= 15 is 0 Å². The second-order valence-electron chi connectivity index (χ2n) is 13.3. The second kappa shape index (κ2) is 15.2. The third-order valence-electron chi connectivity index (χ3n) is 8.04. The van der Waals surface area contributed by atoms with Gasteiger partial charge in [-0.3, -0.25) is 9.59 Å². The summed E-state index contributed by atoms with van der Waals surface area (Å²) in [6.45, 7) is 10.3. The van der Waals surface area contributed by atoms with E-state index in [4.69, 9.17) is 4.74 Å². The first-order chi connectivity index (χ1) is 21.4. The highest BCUT2D eigenvalue weighted by Gasteiger charge is 2.38. The Morgan fingerprint density at radius 3 is 2.09 bits per heavy atom. The number of imidazole rings is 1. The molecule has 0 unspecified atom stereocenters. The van der Waals surface area contributed by atoms with Crippen molar-refractivity contribution in [2.75, 3.05) is 13.1 Å². The van der Waals surface area contributed by atoms with Gasteiger partial charge in [-0.25, -0.2) is 9.78 Å². The van der Waals surface area contributed by atoms with Crippen LogP contribution in [0.25, 0.3) is 0 Å². The van der Waals surface area contributed by atoms with Crippen LogP contribution in [0.3, 0.4) is 0 Å². The fourth-order valence-corrected chi connectivity index (χ4v) is 5.54. The second-order valence-corrected chi connectivity index (χ2v) is 13.3. The third-order valence-corrected chi connectivity index (χ3v) is 8.04. The molecule has 3 N–H and O–H groups in total. The van der Waals surface area contributed by atoms with E-state index in [0.29, 0.717) is 25.9 Å². The van der Waals surface area contributed by atoms with Gasteiger partial charge in [0.1, 0.15) is 11.6 Å². The lowest BCUT2D eigenvalue weighted by Gasteiger charge is -2.42. The highest BCUT2D eigenvalue weighted by molar-refractivity contribution is 5.89. The highest BCUT2D eigenvalue weighted by atomic mass is 16.6. The van der Waals surface area contributed by atoms with Gasteiger partial charge in [0.2, 0.25) is 11.8 Å². The molecule has 2 aromatic carbocycles. The van der Waals surface area contributed by atoms with Crippen molar-refractivity contribution < 1.29 is 24.2 Å². The normalized spacial score (nSPS) is 16.3. The van der Waals surface area contributed by atoms with E-state index in [9.17, 15) is 19.5 Å². The summed E-state index contributed by atoms with van der Waals surface area (Å²) in [6.07, 6.45) is 4.42. The summed E-state index contributed by atoms with van der Waals surface area (Å²) < 4.78 is 7.48. The Bertz CT molecular complexity index is 1370. The summed E-state index contributed by atoms with van der Waals surface area (Å²) in [4.78, 5) is 46.1. The number of hydrogen-bond donors (Lipinski definition) is 3. The Labute approximate surface area is 266 Å². The lowest BCUT2D eigenvalue weighted by atomic mass is 9.88. The van der Waals surface area contributed by atoms with Crippen LogP contribution in [0.2, 0.25) is 0 Å². The van der Waals surface area contributed by atoms with E-state index < -0.39 is 35.8 Å². The molecule has 10 heteroatoms. The molecule has 1 aromatic heterocycles. The minimum absolute atomic E-state index is 0.0689. The first-order valence-corrected chi connectivity index (χ1v) is 15.7. The first kappa shape index (κ1) is 33.7. The molecule has 0 saturated carbocycles. The molecule has 0 radical (unpaired) electrons. The largest absolute Gasteiger partial charge is 0.444 e. The zero-order valence-corrected chi connectivity index (χ0v) is 26.9. The SMILES string of the molecule is CC(C)[C@H](NC(=O)[C@H](Cc1ccccc1)C[C@H](O)[C@H](Cc1ccccc1)NC(=O)OC(C)(C)C)C(=O)N1CC(n2ccnc2)C1. The number of likely N-dealkylation sites (tertiary alicyclic amines) is 1. The molecule has 1 saturated heterocycles. The number of benzene rings is 2. The predicted octanol–water partition coefficient (Wildman–Crippen LogP) is 4.15. The van der Waals surface area contributed by atoms with Gasteiger partial charge in [-0.15, -0.1) is 0 Å². The molecule has 0 aliphatic carbocycles. The lowest BCUT2D eigenvalue weighted by Crippen LogP contribution is -2.59. The summed E-state index contributed by atoms with van der Waals surface area (Å²) in [5.74, 6) is -1.24. The smallest absolute Gasteiger partial charge is 0.407 e. The maximum absolute atomic E-state index is 14.0. The fourth-order valence-electron chi connectivity index (χ4n) is 5.54. The summed E-state index contributed by atoms with van der Waals surface area (Å²) in [5.41, 5.74) is 1.15. The molecule has 0 spiro atoms. The summed E-state index contributed by atoms with van der Waals surface area (Å²) in [6, 6.07) is 17.9. The Kier molecular flexibility index (Phi) is 11.4. The van der Waals surface area contributed by atoms with Gasteiger partial charge in [-0.1, -0.05) is 74.5 Å². The van der Waals surface area contributed by atoms with Crippen molar-refractivity contribution in [3.63, 3.8) is 0 Å². The van der Waals surface area contributed by atoms with Crippen molar-refractivity contribution in [3.8, 4) is 0 Å². The van der Waals surface area contributed by atoms with Crippen LogP contribution in [0.4, 0.5) is 4.79 Å². The average molecular weight is 618 g/mol. The molecular weight excluding hydrogens is 570 g/mol. The molecule has 3 amide bonds. The number of rotatable bonds is 13. The monoisotopic (exact) mass is 617 g/mol. The predicted molar refractivity (Wildman–Crippen MR) is 172 cm³/mol. The number of alkyl carbamates (subject to hydrolysis) is 1. The van der Waals surface area contributed by atoms with Crippen molar-refractivity contribution in [1.29, 1.82) is 0 Å². The third kappa shape index (κ3) is 9.91. The number of carbonyl (C=O) groups is 3. The minimum Gasteiger partial charge on any atom is -0.444 e. The van der Waals surface area contributed by atoms with E-state index in [1.807, 2.05) is 85.3 Å². The zero-order valence-electron chi connectivity index (χ0n) is 26.9. The summed E-state index contributed by atoms with van der Waals surface area (Å²) in [5, 5.41) is 17.5. The maximum Gasteiger partial charge on any atom is 0.407 e. The van der Waals surface area contributed by atoms with Gasteiger partial charge < -0.3 is 29.9 Å². The number of ether oxygens (including phenoxy) is 1. The van der Waals surface area contributed by atoms with Crippen LogP contribution < -0.4 is 10.6 Å². The average Bonchev–Trinajstić information content (AvgIpc) is 3.48. The van der Waals surface area contributed by atoms with Crippen LogP contribution in [0.15, 0.2) is 79.4 Å². The minimum atomic E-state index is -1.07. The van der Waals surface area contributed by atoms with Crippen LogP contribution in [-0.4, -0.2) is 74.3 Å². The standard InChI is InChI=1S/C35H47N5O5/c1-24(2)31(33(43)40-21-28(22-40)39-17-16-36-23-39)38-32(42)27(18-25-12-8-6-9-13-25)20-30(41)29(19-26-14-10-7-11-15-26)37-34(44)45-35(3,4)5/h6-17,23-24,27-31,41H,18-22H2,1-5H3,(H,37,44)(H,38,42)/t27-,29+,30+,31+/m1/s1. The topological polar surface area (TPSA) is 126 Å². The molecule has 10 nitrogen and oxygen atoms in total. The van der Waals surface area contributed by atoms with E-state index in [2.05, 4.69) is 15.6 Å². The van der Waals surface area contributed by atoms with Crippen molar-refractivity contribution >= 4 is 17.9 Å². The van der Waals surface area contributed by atoms with Crippen LogP contribution in [-0.2, 0) is 27.2 Å². The number of nitrogens with one attached hydrogen (secondary N) is 2. The van der Waals surface area contributed by atoms with E-state index in [0.717, 1.165) is 11.1 Å². The molecule has 242 valence electrons. The van der Waals surface area contributed by atoms with Gasteiger partial charge in [-0.2, -0.15) is 0 Å². The quantitative estimate of drug-likeness (QED) is 0.265. The van der Waals surface area contributed by atoms with Crippen molar-refractivity contribution in [3.05, 3.63) is 90.5 Å². The number of aromatic nitrogens is 2. The molecular formula is C35H47N5O5. The Balaban J connectivity index is 1.50. The summed E-state index contributed by atoms with van der Waals surface area (Å²) >= 11 is 0. The number of hydrogen-bond acceptors (Lipinski definition) is 6. The van der Waals surface area contributed by atoms with Gasteiger partial charge in [0, 0.05) is 31.4 Å². The molecule has 1 fully saturated rings. The molecule has 0 bridgehead atoms. The molecule has 2 heterocycles. The van der Waals surface area contributed by atoms with Gasteiger partial charge in [0.15, 0.2) is 0 Å². The molecule has 1 aliphatic heterocycles. The Hall–Kier alpha value is -4.18. The van der Waals surface area contributed by atoms with Crippen LogP contribution in [0, 0.1) is 11.8 Å². The first-order valence-electron chi connectivity index (χ1n) is 15.7. The molecule has 4 atom stereocenters. The molecule has 1 aliphatic rings. The Morgan fingerprint density at radius 2 is 1.56 bits per heavy atom. The van der Waals surface area contributed by atoms with Gasteiger partial charge in [0.25, 0.3) is 0 Å². The molecule has 4 rings (SSSR count). The van der Waals surface area contributed by atoms with E-state index in [1.54, 1.807) is 38.2 Å². The fraction of sp³-hybridized carbons (Fsp3) is 0.486. The van der Waals surface area contributed by atoms with E-state index in [-0.39, 0.29) is 30.2 Å². The van der Waals surface area contributed by atoms with Crippen LogP contribution in [0.1, 0.15) is 58.2 Å². The number of aliphatic hydroxyl groups excluding tert-OH is 1. The van der Waals surface area contributed by atoms with Gasteiger partial charge >= 0.3 is 6.09 Å². The number of carbonyl (C=O) groups excluding carboxylic acids is 3. The lowest BCUT2D eigenvalue weighted by molar-refractivity contribution is -0.143. The number of amides is 3. The van der Waals surface area contributed by atoms with Gasteiger partial charge in [-0.05, 0) is 57.1 Å². The summed E-state index contributed by atoms with van der Waals surface area (Å²) in [7, 11) is 0.